The van der Waals surface area contributed by atoms with Gasteiger partial charge < -0.3 is 14.3 Å². The van der Waals surface area contributed by atoms with Gasteiger partial charge in [-0.3, -0.25) is 0 Å². The summed E-state index contributed by atoms with van der Waals surface area (Å²) in [5, 5.41) is 0. The highest BCUT2D eigenvalue weighted by Gasteiger charge is 2.50. The highest BCUT2D eigenvalue weighted by molar-refractivity contribution is 5.49. The van der Waals surface area contributed by atoms with Gasteiger partial charge in [0.25, 0.3) is 0 Å². The number of para-hydroxylation sites is 1. The lowest BCUT2D eigenvalue weighted by Crippen LogP contribution is -2.49. The molecule has 0 radical (unpaired) electrons. The van der Waals surface area contributed by atoms with Crippen molar-refractivity contribution >= 4 is 6.29 Å². The van der Waals surface area contributed by atoms with E-state index in [1.165, 1.54) is 18.4 Å². The predicted molar refractivity (Wildman–Crippen MR) is 101 cm³/mol. The third-order valence-electron chi connectivity index (χ3n) is 6.14. The van der Waals surface area contributed by atoms with Crippen molar-refractivity contribution in [1.29, 1.82) is 0 Å². The zero-order chi connectivity index (χ0) is 17.9. The number of benzene rings is 2. The summed E-state index contributed by atoms with van der Waals surface area (Å²) >= 11 is 0. The Morgan fingerprint density at radius 3 is 2.42 bits per heavy atom. The summed E-state index contributed by atoms with van der Waals surface area (Å²) in [5.41, 5.74) is 1.36. The molecule has 0 amide bonds. The number of carbonyl (C=O) groups excluding carboxylic acids is 1. The van der Waals surface area contributed by atoms with Crippen molar-refractivity contribution in [3.8, 4) is 11.5 Å². The molecule has 2 bridgehead atoms. The molecule has 0 aromatic heterocycles. The molecular formula is C23H26O3. The predicted octanol–water partition coefficient (Wildman–Crippen LogP) is 5.63. The molecule has 0 N–H and O–H groups in total. The minimum Gasteiger partial charge on any atom is -0.457 e. The maximum atomic E-state index is 10.6. The van der Waals surface area contributed by atoms with Gasteiger partial charge >= 0.3 is 0 Å². The average Bonchev–Trinajstić information content (AvgIpc) is 2.71. The summed E-state index contributed by atoms with van der Waals surface area (Å²) < 4.78 is 12.5. The van der Waals surface area contributed by atoms with Crippen molar-refractivity contribution in [2.75, 3.05) is 6.61 Å². The summed E-state index contributed by atoms with van der Waals surface area (Å²) in [6.45, 7) is 0.815. The fourth-order valence-corrected chi connectivity index (χ4v) is 4.49. The van der Waals surface area contributed by atoms with Crippen LogP contribution in [0, 0.1) is 5.41 Å². The van der Waals surface area contributed by atoms with Crippen molar-refractivity contribution in [1.82, 2.24) is 0 Å². The molecule has 0 atom stereocenters. The van der Waals surface area contributed by atoms with Crippen LogP contribution < -0.4 is 4.74 Å². The highest BCUT2D eigenvalue weighted by Crippen LogP contribution is 2.55. The van der Waals surface area contributed by atoms with E-state index in [4.69, 9.17) is 9.47 Å². The number of fused-ring (bicyclic) bond motifs is 3. The van der Waals surface area contributed by atoms with Crippen LogP contribution in [-0.4, -0.2) is 12.9 Å². The Morgan fingerprint density at radius 2 is 1.73 bits per heavy atom. The summed E-state index contributed by atoms with van der Waals surface area (Å²) in [6.07, 6.45) is 8.30. The maximum Gasteiger partial charge on any atom is 0.127 e. The molecule has 1 saturated carbocycles. The molecule has 2 aromatic rings. The van der Waals surface area contributed by atoms with E-state index in [1.807, 2.05) is 36.4 Å². The molecule has 3 heteroatoms. The van der Waals surface area contributed by atoms with Crippen LogP contribution in [0.3, 0.4) is 0 Å². The molecule has 3 fully saturated rings. The number of ether oxygens (including phenoxy) is 2. The van der Waals surface area contributed by atoms with Crippen molar-refractivity contribution in [3.63, 3.8) is 0 Å². The summed E-state index contributed by atoms with van der Waals surface area (Å²) in [7, 11) is 0. The normalized spacial score (nSPS) is 27.2. The lowest BCUT2D eigenvalue weighted by atomic mass is 9.62. The van der Waals surface area contributed by atoms with Gasteiger partial charge in [-0.2, -0.15) is 0 Å². The molecule has 26 heavy (non-hydrogen) atoms. The van der Waals surface area contributed by atoms with Gasteiger partial charge in [-0.05, 0) is 73.8 Å². The third-order valence-corrected chi connectivity index (χ3v) is 6.14. The van der Waals surface area contributed by atoms with E-state index in [0.717, 1.165) is 50.1 Å². The zero-order valence-electron chi connectivity index (χ0n) is 15.2. The van der Waals surface area contributed by atoms with Gasteiger partial charge in [-0.15, -0.1) is 0 Å². The SMILES string of the molecule is O=CCCCC12CCC(c3cccc(Oc4ccccc4)c3)(CC1)OC2. The van der Waals surface area contributed by atoms with Crippen LogP contribution >= 0.6 is 0 Å². The molecule has 2 heterocycles. The first-order valence-corrected chi connectivity index (χ1v) is 9.65. The van der Waals surface area contributed by atoms with E-state index < -0.39 is 0 Å². The van der Waals surface area contributed by atoms with Gasteiger partial charge in [0.05, 0.1) is 12.2 Å². The standard InChI is InChI=1S/C23H26O3/c24-16-5-4-11-22-12-14-23(15-13-22,25-18-22)19-7-6-10-21(17-19)26-20-8-2-1-3-9-20/h1-3,6-10,16-17H,4-5,11-15,18H2. The number of aldehydes is 1. The van der Waals surface area contributed by atoms with E-state index in [9.17, 15) is 4.79 Å². The zero-order valence-corrected chi connectivity index (χ0v) is 15.2. The molecule has 2 saturated heterocycles. The summed E-state index contributed by atoms with van der Waals surface area (Å²) in [6, 6.07) is 18.3. The third kappa shape index (κ3) is 3.41. The largest absolute Gasteiger partial charge is 0.457 e. The van der Waals surface area contributed by atoms with Crippen molar-refractivity contribution in [2.45, 2.75) is 50.5 Å². The van der Waals surface area contributed by atoms with E-state index in [-0.39, 0.29) is 5.60 Å². The number of hydrogen-bond donors (Lipinski definition) is 0. The molecule has 0 unspecified atom stereocenters. The second-order valence-corrected chi connectivity index (χ2v) is 7.78. The van der Waals surface area contributed by atoms with Crippen molar-refractivity contribution < 1.29 is 14.3 Å². The van der Waals surface area contributed by atoms with Crippen LogP contribution in [0.4, 0.5) is 0 Å². The lowest BCUT2D eigenvalue weighted by Gasteiger charge is -2.53. The Kier molecular flexibility index (Phi) is 4.82. The summed E-state index contributed by atoms with van der Waals surface area (Å²) in [5.74, 6) is 1.71. The molecule has 3 aliphatic rings. The molecule has 136 valence electrons. The van der Waals surface area contributed by atoms with Gasteiger partial charge in [-0.1, -0.05) is 30.3 Å². The number of unbranched alkanes of at least 4 members (excludes halogenated alkanes) is 1. The first-order valence-electron chi connectivity index (χ1n) is 9.65. The van der Waals surface area contributed by atoms with Crippen LogP contribution in [-0.2, 0) is 15.1 Å². The van der Waals surface area contributed by atoms with E-state index in [1.54, 1.807) is 0 Å². The molecular weight excluding hydrogens is 324 g/mol. The molecule has 2 aromatic carbocycles. The fourth-order valence-electron chi connectivity index (χ4n) is 4.49. The fraction of sp³-hybridized carbons (Fsp3) is 0.435. The van der Waals surface area contributed by atoms with Crippen LogP contribution in [0.1, 0.15) is 50.5 Å². The van der Waals surface area contributed by atoms with Crippen LogP contribution in [0.25, 0.3) is 0 Å². The van der Waals surface area contributed by atoms with E-state index in [2.05, 4.69) is 18.2 Å². The topological polar surface area (TPSA) is 35.5 Å². The lowest BCUT2D eigenvalue weighted by molar-refractivity contribution is -0.191. The van der Waals surface area contributed by atoms with Crippen LogP contribution in [0.15, 0.2) is 54.6 Å². The molecule has 0 spiro atoms. The molecule has 5 rings (SSSR count). The maximum absolute atomic E-state index is 10.6. The van der Waals surface area contributed by atoms with E-state index in [0.29, 0.717) is 11.8 Å². The van der Waals surface area contributed by atoms with Gasteiger partial charge in [0, 0.05) is 6.42 Å². The Bertz CT molecular complexity index is 729. The second kappa shape index (κ2) is 7.24. The first-order chi connectivity index (χ1) is 12.7. The molecule has 3 nitrogen and oxygen atoms in total. The minimum atomic E-state index is -0.164. The average molecular weight is 350 g/mol. The monoisotopic (exact) mass is 350 g/mol. The Morgan fingerprint density at radius 1 is 0.962 bits per heavy atom. The smallest absolute Gasteiger partial charge is 0.127 e. The Balaban J connectivity index is 1.47. The molecule has 2 aliphatic heterocycles. The van der Waals surface area contributed by atoms with Gasteiger partial charge in [0.1, 0.15) is 17.8 Å². The Labute approximate surface area is 155 Å². The van der Waals surface area contributed by atoms with Crippen LogP contribution in [0.5, 0.6) is 11.5 Å². The number of rotatable bonds is 7. The number of carbonyl (C=O) groups is 1. The highest BCUT2D eigenvalue weighted by atomic mass is 16.5. The van der Waals surface area contributed by atoms with Crippen molar-refractivity contribution in [3.05, 3.63) is 60.2 Å². The van der Waals surface area contributed by atoms with Crippen LogP contribution in [0.2, 0.25) is 0 Å². The number of hydrogen-bond acceptors (Lipinski definition) is 3. The summed E-state index contributed by atoms with van der Waals surface area (Å²) in [4.78, 5) is 10.6. The van der Waals surface area contributed by atoms with Gasteiger partial charge in [0.2, 0.25) is 0 Å². The Hall–Kier alpha value is -2.13. The van der Waals surface area contributed by atoms with Gasteiger partial charge in [0.15, 0.2) is 0 Å². The second-order valence-electron chi connectivity index (χ2n) is 7.78. The van der Waals surface area contributed by atoms with E-state index >= 15 is 0 Å². The molecule has 1 aliphatic carbocycles. The van der Waals surface area contributed by atoms with Gasteiger partial charge in [-0.25, -0.2) is 0 Å². The first kappa shape index (κ1) is 17.3. The minimum absolute atomic E-state index is 0.164. The van der Waals surface area contributed by atoms with Crippen molar-refractivity contribution in [2.24, 2.45) is 5.41 Å². The quantitative estimate of drug-likeness (QED) is 0.479.